The number of nitrogens with one attached hydrogen (secondary N) is 1. The SMILES string of the molecule is CCOC(=O)c1c(N/C=C(/C#N)c2nc(-c3cccc(Br)c3)cs2)sc2c1CCCC2. The van der Waals surface area contributed by atoms with Gasteiger partial charge in [-0.1, -0.05) is 28.1 Å². The molecule has 0 spiro atoms. The van der Waals surface area contributed by atoms with Crippen LogP contribution < -0.4 is 5.32 Å². The molecule has 2 aromatic heterocycles. The Morgan fingerprint density at radius 1 is 1.39 bits per heavy atom. The molecule has 158 valence electrons. The Morgan fingerprint density at radius 3 is 3.00 bits per heavy atom. The van der Waals surface area contributed by atoms with Crippen LogP contribution in [0.2, 0.25) is 0 Å². The van der Waals surface area contributed by atoms with Crippen LogP contribution in [0.5, 0.6) is 0 Å². The van der Waals surface area contributed by atoms with Gasteiger partial charge < -0.3 is 10.1 Å². The van der Waals surface area contributed by atoms with E-state index in [1.165, 1.54) is 16.2 Å². The molecule has 0 unspecified atom stereocenters. The lowest BCUT2D eigenvalue weighted by Gasteiger charge is -2.12. The third kappa shape index (κ3) is 4.74. The van der Waals surface area contributed by atoms with E-state index in [2.05, 4.69) is 32.3 Å². The molecule has 2 heterocycles. The van der Waals surface area contributed by atoms with Gasteiger partial charge in [0.05, 0.1) is 17.9 Å². The molecular weight excluding hydrogens is 494 g/mol. The van der Waals surface area contributed by atoms with Gasteiger partial charge in [-0.2, -0.15) is 5.26 Å². The van der Waals surface area contributed by atoms with Crippen molar-refractivity contribution in [2.45, 2.75) is 32.6 Å². The molecule has 0 saturated carbocycles. The van der Waals surface area contributed by atoms with Gasteiger partial charge in [-0.3, -0.25) is 0 Å². The van der Waals surface area contributed by atoms with Crippen LogP contribution in [0.1, 0.15) is 45.6 Å². The molecule has 3 aromatic rings. The van der Waals surface area contributed by atoms with Crippen molar-refractivity contribution in [3.05, 3.63) is 61.3 Å². The number of aryl methyl sites for hydroxylation is 1. The zero-order valence-corrected chi connectivity index (χ0v) is 20.1. The molecule has 1 aliphatic carbocycles. The van der Waals surface area contributed by atoms with Gasteiger partial charge in [0.25, 0.3) is 0 Å². The maximum Gasteiger partial charge on any atom is 0.341 e. The number of nitrogens with zero attached hydrogens (tertiary/aromatic N) is 2. The number of nitriles is 1. The number of esters is 1. The van der Waals surface area contributed by atoms with E-state index in [9.17, 15) is 10.1 Å². The average Bonchev–Trinajstić information content (AvgIpc) is 3.39. The van der Waals surface area contributed by atoms with Crippen molar-refractivity contribution in [3.63, 3.8) is 0 Å². The number of allylic oxidation sites excluding steroid dienone is 1. The Labute approximate surface area is 197 Å². The first-order chi connectivity index (χ1) is 15.1. The van der Waals surface area contributed by atoms with Crippen molar-refractivity contribution < 1.29 is 9.53 Å². The summed E-state index contributed by atoms with van der Waals surface area (Å²) >= 11 is 6.48. The number of rotatable bonds is 6. The van der Waals surface area contributed by atoms with E-state index in [-0.39, 0.29) is 5.97 Å². The molecule has 8 heteroatoms. The standard InChI is InChI=1S/C23H20BrN3O2S2/c1-2-29-23(28)20-17-8-3-4-9-19(17)31-22(20)26-12-15(11-25)21-27-18(13-30-21)14-6-5-7-16(24)10-14/h5-7,10,12-13,26H,2-4,8-9H2,1H3/b15-12-. The number of fused-ring (bicyclic) bond motifs is 1. The highest BCUT2D eigenvalue weighted by Crippen LogP contribution is 2.39. The quantitative estimate of drug-likeness (QED) is 0.294. The molecule has 0 atom stereocenters. The lowest BCUT2D eigenvalue weighted by Crippen LogP contribution is -2.10. The van der Waals surface area contributed by atoms with E-state index < -0.39 is 0 Å². The summed E-state index contributed by atoms with van der Waals surface area (Å²) in [5.74, 6) is -0.303. The fraction of sp³-hybridized carbons (Fsp3) is 0.261. The molecular formula is C23H20BrN3O2S2. The molecule has 31 heavy (non-hydrogen) atoms. The van der Waals surface area contributed by atoms with Crippen LogP contribution in [-0.2, 0) is 17.6 Å². The zero-order valence-electron chi connectivity index (χ0n) is 16.9. The second kappa shape index (κ2) is 9.77. The number of thiazole rings is 1. The van der Waals surface area contributed by atoms with Gasteiger partial charge in [0.15, 0.2) is 0 Å². The third-order valence-corrected chi connectivity index (χ3v) is 7.57. The summed E-state index contributed by atoms with van der Waals surface area (Å²) < 4.78 is 6.28. The summed E-state index contributed by atoms with van der Waals surface area (Å²) in [6, 6.07) is 10.1. The predicted molar refractivity (Wildman–Crippen MR) is 129 cm³/mol. The maximum atomic E-state index is 12.6. The van der Waals surface area contributed by atoms with Crippen LogP contribution >= 0.6 is 38.6 Å². The van der Waals surface area contributed by atoms with E-state index in [1.54, 1.807) is 17.5 Å². The Balaban J connectivity index is 1.62. The highest BCUT2D eigenvalue weighted by Gasteiger charge is 2.26. The summed E-state index contributed by atoms with van der Waals surface area (Å²) in [7, 11) is 0. The number of hydrogen-bond donors (Lipinski definition) is 1. The average molecular weight is 514 g/mol. The highest BCUT2D eigenvalue weighted by molar-refractivity contribution is 9.10. The summed E-state index contributed by atoms with van der Waals surface area (Å²) in [4.78, 5) is 18.5. The molecule has 0 radical (unpaired) electrons. The maximum absolute atomic E-state index is 12.6. The third-order valence-electron chi connectivity index (χ3n) is 4.97. The first-order valence-electron chi connectivity index (χ1n) is 10.0. The molecule has 4 rings (SSSR count). The van der Waals surface area contributed by atoms with Gasteiger partial charge in [-0.25, -0.2) is 9.78 Å². The number of halogens is 1. The smallest absolute Gasteiger partial charge is 0.341 e. The first kappa shape index (κ1) is 21.8. The predicted octanol–water partition coefficient (Wildman–Crippen LogP) is 6.67. The van der Waals surface area contributed by atoms with Crippen LogP contribution in [0.25, 0.3) is 16.8 Å². The number of thiophene rings is 1. The van der Waals surface area contributed by atoms with Crippen molar-refractivity contribution in [2.24, 2.45) is 0 Å². The molecule has 0 bridgehead atoms. The van der Waals surface area contributed by atoms with Gasteiger partial charge in [0, 0.05) is 26.5 Å². The molecule has 0 aliphatic heterocycles. The Bertz CT molecular complexity index is 1190. The highest BCUT2D eigenvalue weighted by atomic mass is 79.9. The van der Waals surface area contributed by atoms with Crippen LogP contribution in [0.4, 0.5) is 5.00 Å². The number of carbonyl (C=O) groups excluding carboxylic acids is 1. The van der Waals surface area contributed by atoms with E-state index in [0.29, 0.717) is 22.8 Å². The van der Waals surface area contributed by atoms with Gasteiger partial charge in [0.2, 0.25) is 0 Å². The minimum Gasteiger partial charge on any atom is -0.462 e. The monoisotopic (exact) mass is 513 g/mol. The summed E-state index contributed by atoms with van der Waals surface area (Å²) in [5, 5.41) is 16.2. The topological polar surface area (TPSA) is 75.0 Å². The zero-order chi connectivity index (χ0) is 21.8. The minimum absolute atomic E-state index is 0.303. The Kier molecular flexibility index (Phi) is 6.86. The van der Waals surface area contributed by atoms with E-state index >= 15 is 0 Å². The lowest BCUT2D eigenvalue weighted by molar-refractivity contribution is 0.0526. The van der Waals surface area contributed by atoms with Crippen LogP contribution in [-0.4, -0.2) is 17.6 Å². The number of aromatic nitrogens is 1. The van der Waals surface area contributed by atoms with Crippen molar-refractivity contribution in [2.75, 3.05) is 11.9 Å². The van der Waals surface area contributed by atoms with Crippen LogP contribution in [0, 0.1) is 11.3 Å². The molecule has 1 aliphatic rings. The lowest BCUT2D eigenvalue weighted by atomic mass is 9.95. The number of carbonyl (C=O) groups is 1. The Morgan fingerprint density at radius 2 is 2.23 bits per heavy atom. The molecule has 0 amide bonds. The fourth-order valence-corrected chi connectivity index (χ4v) is 5.98. The van der Waals surface area contributed by atoms with Crippen molar-refractivity contribution in [1.29, 1.82) is 5.26 Å². The van der Waals surface area contributed by atoms with E-state index in [1.807, 2.05) is 36.6 Å². The van der Waals surface area contributed by atoms with Crippen molar-refractivity contribution in [1.82, 2.24) is 4.98 Å². The second-order valence-electron chi connectivity index (χ2n) is 7.00. The molecule has 0 saturated heterocycles. The number of benzene rings is 1. The largest absolute Gasteiger partial charge is 0.462 e. The summed E-state index contributed by atoms with van der Waals surface area (Å²) in [5.41, 5.74) is 3.94. The Hall–Kier alpha value is -2.47. The minimum atomic E-state index is -0.303. The number of hydrogen-bond acceptors (Lipinski definition) is 7. The van der Waals surface area contributed by atoms with Crippen molar-refractivity contribution >= 4 is 55.1 Å². The molecule has 0 fully saturated rings. The van der Waals surface area contributed by atoms with E-state index in [0.717, 1.165) is 52.0 Å². The van der Waals surface area contributed by atoms with Crippen LogP contribution in [0.3, 0.4) is 0 Å². The van der Waals surface area contributed by atoms with Gasteiger partial charge in [0.1, 0.15) is 21.7 Å². The molecule has 1 N–H and O–H groups in total. The number of ether oxygens (including phenoxy) is 1. The second-order valence-corrected chi connectivity index (χ2v) is 9.88. The molecule has 5 nitrogen and oxygen atoms in total. The van der Waals surface area contributed by atoms with Crippen LogP contribution in [0.15, 0.2) is 40.3 Å². The van der Waals surface area contributed by atoms with Gasteiger partial charge in [-0.05, 0) is 50.3 Å². The van der Waals surface area contributed by atoms with Gasteiger partial charge >= 0.3 is 5.97 Å². The first-order valence-corrected chi connectivity index (χ1v) is 12.5. The normalized spacial score (nSPS) is 13.4. The van der Waals surface area contributed by atoms with E-state index in [4.69, 9.17) is 4.74 Å². The summed E-state index contributed by atoms with van der Waals surface area (Å²) in [6.45, 7) is 2.14. The van der Waals surface area contributed by atoms with Gasteiger partial charge in [-0.15, -0.1) is 22.7 Å². The molecule has 1 aromatic carbocycles. The summed E-state index contributed by atoms with van der Waals surface area (Å²) in [6.07, 6.45) is 5.71. The number of anilines is 1. The van der Waals surface area contributed by atoms with Crippen molar-refractivity contribution in [3.8, 4) is 17.3 Å². The fourth-order valence-electron chi connectivity index (χ4n) is 3.54.